The lowest BCUT2D eigenvalue weighted by atomic mass is 10.0. The Balaban J connectivity index is 1.32. The molecule has 0 spiro atoms. The van der Waals surface area contributed by atoms with Gasteiger partial charge in [-0.15, -0.1) is 0 Å². The molecule has 3 aliphatic rings. The van der Waals surface area contributed by atoms with Crippen LogP contribution in [0, 0.1) is 0 Å². The lowest BCUT2D eigenvalue weighted by molar-refractivity contribution is -0.136. The number of carbonyl (C=O) groups excluding carboxylic acids is 3. The van der Waals surface area contributed by atoms with E-state index in [9.17, 15) is 14.4 Å². The van der Waals surface area contributed by atoms with Gasteiger partial charge in [0.05, 0.1) is 24.5 Å². The zero-order chi connectivity index (χ0) is 22.7. The zero-order valence-corrected chi connectivity index (χ0v) is 19.3. The minimum absolute atomic E-state index is 0.00752. The van der Waals surface area contributed by atoms with Crippen LogP contribution in [-0.4, -0.2) is 90.3 Å². The molecule has 3 aliphatic heterocycles. The Hall–Kier alpha value is -2.45. The smallest absolute Gasteiger partial charge is 0.241 e. The molecule has 0 saturated carbocycles. The molecule has 4 rings (SSSR count). The van der Waals surface area contributed by atoms with Gasteiger partial charge in [0.2, 0.25) is 17.7 Å². The van der Waals surface area contributed by atoms with Crippen LogP contribution in [0.5, 0.6) is 0 Å². The molecule has 8 heteroatoms. The number of piperidine rings is 1. The lowest BCUT2D eigenvalue weighted by Crippen LogP contribution is -2.54. The third-order valence-corrected chi connectivity index (χ3v) is 6.93. The van der Waals surface area contributed by atoms with Crippen LogP contribution in [0.4, 0.5) is 11.4 Å². The number of nitrogens with zero attached hydrogens (tertiary/aromatic N) is 4. The molecule has 2 atom stereocenters. The van der Waals surface area contributed by atoms with E-state index in [-0.39, 0.29) is 30.2 Å². The van der Waals surface area contributed by atoms with Crippen molar-refractivity contribution in [2.45, 2.75) is 51.6 Å². The minimum Gasteiger partial charge on any atom is -0.339 e. The van der Waals surface area contributed by atoms with Crippen molar-refractivity contribution in [2.75, 3.05) is 56.0 Å². The molecule has 1 N–H and O–H groups in total. The first kappa shape index (κ1) is 22.7. The van der Waals surface area contributed by atoms with Crippen LogP contribution in [0.15, 0.2) is 24.3 Å². The molecule has 2 unspecified atom stereocenters. The van der Waals surface area contributed by atoms with Gasteiger partial charge in [-0.2, -0.15) is 0 Å². The van der Waals surface area contributed by atoms with Gasteiger partial charge in [0, 0.05) is 51.2 Å². The zero-order valence-electron chi connectivity index (χ0n) is 19.3. The van der Waals surface area contributed by atoms with Crippen molar-refractivity contribution in [3.8, 4) is 0 Å². The molecule has 0 aromatic heterocycles. The second kappa shape index (κ2) is 10.0. The van der Waals surface area contributed by atoms with Crippen molar-refractivity contribution in [3.05, 3.63) is 24.3 Å². The molecule has 3 amide bonds. The number of rotatable bonds is 4. The van der Waals surface area contributed by atoms with Gasteiger partial charge in [0.1, 0.15) is 0 Å². The Morgan fingerprint density at radius 3 is 2.25 bits per heavy atom. The summed E-state index contributed by atoms with van der Waals surface area (Å²) in [6.07, 6.45) is 3.69. The van der Waals surface area contributed by atoms with Gasteiger partial charge in [-0.1, -0.05) is 12.1 Å². The van der Waals surface area contributed by atoms with Gasteiger partial charge < -0.3 is 15.1 Å². The van der Waals surface area contributed by atoms with Crippen molar-refractivity contribution in [1.82, 2.24) is 14.7 Å². The Bertz CT molecular complexity index is 852. The van der Waals surface area contributed by atoms with Crippen LogP contribution in [0.1, 0.15) is 39.5 Å². The standard InChI is InChI=1S/C24H35N5O3/c1-18-7-5-6-10-28(18)23(31)16-26-11-13-27(14-12-26)17-24(32)29-19(2)15-22(30)25-20-8-3-4-9-21(20)29/h3-4,8-9,18-19H,5-7,10-17H2,1-2H3,(H,25,30). The average Bonchev–Trinajstić information content (AvgIpc) is 2.89. The van der Waals surface area contributed by atoms with E-state index in [2.05, 4.69) is 22.0 Å². The minimum atomic E-state index is -0.198. The molecule has 0 radical (unpaired) electrons. The topological polar surface area (TPSA) is 76.2 Å². The highest BCUT2D eigenvalue weighted by molar-refractivity contribution is 6.04. The number of amides is 3. The molecule has 2 saturated heterocycles. The predicted octanol–water partition coefficient (Wildman–Crippen LogP) is 1.77. The maximum atomic E-state index is 13.3. The monoisotopic (exact) mass is 441 g/mol. The van der Waals surface area contributed by atoms with E-state index < -0.39 is 0 Å². The van der Waals surface area contributed by atoms with Crippen molar-refractivity contribution in [3.63, 3.8) is 0 Å². The Morgan fingerprint density at radius 1 is 0.906 bits per heavy atom. The number of benzene rings is 1. The van der Waals surface area contributed by atoms with Gasteiger partial charge in [0.15, 0.2) is 0 Å². The molecular formula is C24H35N5O3. The van der Waals surface area contributed by atoms with Crippen LogP contribution in [0.25, 0.3) is 0 Å². The summed E-state index contributed by atoms with van der Waals surface area (Å²) in [5, 5.41) is 2.91. The third kappa shape index (κ3) is 5.13. The SMILES string of the molecule is CC1CCCCN1C(=O)CN1CCN(CC(=O)N2c3ccccc3NC(=O)CC2C)CC1. The normalized spacial score (nSPS) is 25.1. The van der Waals surface area contributed by atoms with Crippen LogP contribution in [0.3, 0.4) is 0 Å². The highest BCUT2D eigenvalue weighted by atomic mass is 16.2. The van der Waals surface area contributed by atoms with Gasteiger partial charge in [0.25, 0.3) is 0 Å². The summed E-state index contributed by atoms with van der Waals surface area (Å²) in [7, 11) is 0. The number of carbonyl (C=O) groups is 3. The first-order chi connectivity index (χ1) is 15.4. The first-order valence-corrected chi connectivity index (χ1v) is 11.9. The van der Waals surface area contributed by atoms with E-state index in [1.165, 1.54) is 6.42 Å². The maximum absolute atomic E-state index is 13.3. The summed E-state index contributed by atoms with van der Waals surface area (Å²) < 4.78 is 0. The first-order valence-electron chi connectivity index (χ1n) is 11.9. The Labute approximate surface area is 190 Å². The molecule has 0 aliphatic carbocycles. The van der Waals surface area contributed by atoms with Gasteiger partial charge in [-0.25, -0.2) is 0 Å². The summed E-state index contributed by atoms with van der Waals surface area (Å²) in [5.74, 6) is 0.170. The fourth-order valence-electron chi connectivity index (χ4n) is 5.09. The number of nitrogens with one attached hydrogen (secondary N) is 1. The van der Waals surface area contributed by atoms with E-state index in [0.29, 0.717) is 24.8 Å². The second-order valence-corrected chi connectivity index (χ2v) is 9.37. The van der Waals surface area contributed by atoms with E-state index >= 15 is 0 Å². The second-order valence-electron chi connectivity index (χ2n) is 9.37. The average molecular weight is 442 g/mol. The molecule has 32 heavy (non-hydrogen) atoms. The molecule has 174 valence electrons. The van der Waals surface area contributed by atoms with Crippen molar-refractivity contribution >= 4 is 29.1 Å². The number of likely N-dealkylation sites (tertiary alicyclic amines) is 1. The molecule has 1 aromatic carbocycles. The van der Waals surface area contributed by atoms with E-state index in [4.69, 9.17) is 0 Å². The van der Waals surface area contributed by atoms with Crippen molar-refractivity contribution in [2.24, 2.45) is 0 Å². The van der Waals surface area contributed by atoms with Gasteiger partial charge in [-0.05, 0) is 45.2 Å². The number of anilines is 2. The summed E-state index contributed by atoms with van der Waals surface area (Å²) in [6, 6.07) is 7.63. The highest BCUT2D eigenvalue weighted by Crippen LogP contribution is 2.31. The van der Waals surface area contributed by atoms with Gasteiger partial charge >= 0.3 is 0 Å². The predicted molar refractivity (Wildman–Crippen MR) is 125 cm³/mol. The maximum Gasteiger partial charge on any atom is 0.241 e. The summed E-state index contributed by atoms with van der Waals surface area (Å²) in [5.41, 5.74) is 1.45. The number of hydrogen-bond acceptors (Lipinski definition) is 5. The molecule has 0 bridgehead atoms. The molecular weight excluding hydrogens is 406 g/mol. The third-order valence-electron chi connectivity index (χ3n) is 6.93. The number of piperazine rings is 1. The fraction of sp³-hybridized carbons (Fsp3) is 0.625. The molecule has 3 heterocycles. The largest absolute Gasteiger partial charge is 0.339 e. The quantitative estimate of drug-likeness (QED) is 0.771. The van der Waals surface area contributed by atoms with E-state index in [1.54, 1.807) is 4.90 Å². The van der Waals surface area contributed by atoms with Gasteiger partial charge in [-0.3, -0.25) is 24.2 Å². The summed E-state index contributed by atoms with van der Waals surface area (Å²) in [4.78, 5) is 46.3. The molecule has 2 fully saturated rings. The number of para-hydroxylation sites is 2. The van der Waals surface area contributed by atoms with Crippen LogP contribution < -0.4 is 10.2 Å². The molecule has 1 aromatic rings. The summed E-state index contributed by atoms with van der Waals surface area (Å²) >= 11 is 0. The van der Waals surface area contributed by atoms with Crippen LogP contribution in [-0.2, 0) is 14.4 Å². The van der Waals surface area contributed by atoms with E-state index in [0.717, 1.165) is 51.3 Å². The van der Waals surface area contributed by atoms with E-state index in [1.807, 2.05) is 36.1 Å². The van der Waals surface area contributed by atoms with Crippen LogP contribution >= 0.6 is 0 Å². The van der Waals surface area contributed by atoms with Crippen molar-refractivity contribution < 1.29 is 14.4 Å². The Kier molecular flexibility index (Phi) is 7.10. The summed E-state index contributed by atoms with van der Waals surface area (Å²) in [6.45, 7) is 8.82. The lowest BCUT2D eigenvalue weighted by Gasteiger charge is -2.38. The fourth-order valence-corrected chi connectivity index (χ4v) is 5.09. The number of fused-ring (bicyclic) bond motifs is 1. The van der Waals surface area contributed by atoms with Crippen molar-refractivity contribution in [1.29, 1.82) is 0 Å². The Morgan fingerprint density at radius 2 is 1.56 bits per heavy atom. The highest BCUT2D eigenvalue weighted by Gasteiger charge is 2.31. The number of hydrogen-bond donors (Lipinski definition) is 1. The van der Waals surface area contributed by atoms with Crippen LogP contribution in [0.2, 0.25) is 0 Å². The molecule has 8 nitrogen and oxygen atoms in total.